The molecule has 0 aliphatic carbocycles. The van der Waals surface area contributed by atoms with E-state index in [2.05, 4.69) is 0 Å². The highest BCUT2D eigenvalue weighted by Crippen LogP contribution is 2.22. The molecule has 2 aliphatic rings. The number of carbonyl (C=O) groups is 2. The number of amides is 2. The topological polar surface area (TPSA) is 90.3 Å². The lowest BCUT2D eigenvalue weighted by Crippen LogP contribution is -2.58. The molecule has 2 aliphatic heterocycles. The number of morpholine rings is 1. The molecule has 0 saturated carbocycles. The number of hydrogen-bond acceptors (Lipinski definition) is 4. The third-order valence-corrected chi connectivity index (χ3v) is 3.97. The molecule has 114 valence electrons. The van der Waals surface area contributed by atoms with Crippen LogP contribution in [0.3, 0.4) is 0 Å². The van der Waals surface area contributed by atoms with Crippen LogP contribution in [0.4, 0.5) is 4.79 Å². The second-order valence-electron chi connectivity index (χ2n) is 5.33. The second kappa shape index (κ2) is 6.90. The van der Waals surface area contributed by atoms with Crippen LogP contribution in [0, 0.1) is 0 Å². The maximum Gasteiger partial charge on any atom is 0.320 e. The van der Waals surface area contributed by atoms with E-state index in [-0.39, 0.29) is 31.1 Å². The normalized spacial score (nSPS) is 27.4. The number of aliphatic carboxylic acids is 1. The molecule has 2 unspecified atom stereocenters. The van der Waals surface area contributed by atoms with Crippen LogP contribution >= 0.6 is 0 Å². The van der Waals surface area contributed by atoms with Crippen LogP contribution in [-0.2, 0) is 9.53 Å². The van der Waals surface area contributed by atoms with Crippen molar-refractivity contribution in [3.8, 4) is 0 Å². The monoisotopic (exact) mass is 286 g/mol. The van der Waals surface area contributed by atoms with Crippen LogP contribution in [0.2, 0.25) is 0 Å². The predicted molar refractivity (Wildman–Crippen MR) is 70.4 cm³/mol. The zero-order valence-electron chi connectivity index (χ0n) is 11.5. The molecule has 7 nitrogen and oxygen atoms in total. The fraction of sp³-hybridized carbons (Fsp3) is 0.846. The van der Waals surface area contributed by atoms with E-state index >= 15 is 0 Å². The minimum Gasteiger partial charge on any atom is -0.481 e. The molecular formula is C13H22N2O5. The Morgan fingerprint density at radius 3 is 2.60 bits per heavy atom. The first kappa shape index (κ1) is 15.1. The van der Waals surface area contributed by atoms with Crippen LogP contribution in [0.25, 0.3) is 0 Å². The zero-order chi connectivity index (χ0) is 14.5. The highest BCUT2D eigenvalue weighted by Gasteiger charge is 2.35. The fourth-order valence-electron chi connectivity index (χ4n) is 2.89. The van der Waals surface area contributed by atoms with Gasteiger partial charge in [0.1, 0.15) is 0 Å². The van der Waals surface area contributed by atoms with E-state index in [0.29, 0.717) is 26.3 Å². The zero-order valence-corrected chi connectivity index (χ0v) is 11.5. The number of hydrogen-bond donors (Lipinski definition) is 2. The molecule has 2 fully saturated rings. The Morgan fingerprint density at radius 2 is 1.90 bits per heavy atom. The van der Waals surface area contributed by atoms with Crippen molar-refractivity contribution < 1.29 is 24.5 Å². The van der Waals surface area contributed by atoms with Gasteiger partial charge in [0.15, 0.2) is 0 Å². The molecule has 0 aromatic carbocycles. The molecule has 0 radical (unpaired) electrons. The summed E-state index contributed by atoms with van der Waals surface area (Å²) >= 11 is 0. The summed E-state index contributed by atoms with van der Waals surface area (Å²) in [5.41, 5.74) is 0. The summed E-state index contributed by atoms with van der Waals surface area (Å²) in [5.74, 6) is -0.879. The van der Waals surface area contributed by atoms with E-state index in [1.165, 1.54) is 0 Å². The summed E-state index contributed by atoms with van der Waals surface area (Å²) in [6.45, 7) is 1.69. The molecular weight excluding hydrogens is 264 g/mol. The van der Waals surface area contributed by atoms with Gasteiger partial charge in [0.05, 0.1) is 32.3 Å². The first-order valence-electron chi connectivity index (χ1n) is 7.11. The summed E-state index contributed by atoms with van der Waals surface area (Å²) in [4.78, 5) is 26.8. The van der Waals surface area contributed by atoms with Gasteiger partial charge >= 0.3 is 12.0 Å². The van der Waals surface area contributed by atoms with E-state index < -0.39 is 5.97 Å². The average molecular weight is 286 g/mol. The van der Waals surface area contributed by atoms with E-state index in [1.807, 2.05) is 0 Å². The van der Waals surface area contributed by atoms with Crippen molar-refractivity contribution in [2.45, 2.75) is 37.8 Å². The van der Waals surface area contributed by atoms with Crippen LogP contribution in [0.15, 0.2) is 0 Å². The molecule has 2 atom stereocenters. The van der Waals surface area contributed by atoms with Crippen molar-refractivity contribution in [1.29, 1.82) is 0 Å². The van der Waals surface area contributed by atoms with Gasteiger partial charge < -0.3 is 24.7 Å². The van der Waals surface area contributed by atoms with E-state index in [9.17, 15) is 14.7 Å². The Bertz CT molecular complexity index is 363. The van der Waals surface area contributed by atoms with E-state index in [4.69, 9.17) is 9.84 Å². The predicted octanol–water partition coefficient (Wildman–Crippen LogP) is 0.129. The second-order valence-corrected chi connectivity index (χ2v) is 5.33. The number of ether oxygens (including phenoxy) is 1. The number of carbonyl (C=O) groups excluding carboxylic acids is 1. The molecule has 2 N–H and O–H groups in total. The van der Waals surface area contributed by atoms with Gasteiger partial charge in [0.25, 0.3) is 0 Å². The number of urea groups is 1. The number of nitrogens with zero attached hydrogens (tertiary/aromatic N) is 2. The molecule has 2 saturated heterocycles. The van der Waals surface area contributed by atoms with Crippen molar-refractivity contribution in [3.63, 3.8) is 0 Å². The molecule has 0 bridgehead atoms. The number of piperidine rings is 1. The molecule has 2 amide bonds. The first-order chi connectivity index (χ1) is 9.63. The molecule has 20 heavy (non-hydrogen) atoms. The van der Waals surface area contributed by atoms with Gasteiger partial charge in [-0.3, -0.25) is 4.79 Å². The first-order valence-corrected chi connectivity index (χ1v) is 7.11. The van der Waals surface area contributed by atoms with Gasteiger partial charge in [-0.05, 0) is 19.3 Å². The Kier molecular flexibility index (Phi) is 5.19. The molecule has 2 heterocycles. The lowest BCUT2D eigenvalue weighted by molar-refractivity contribution is -0.138. The summed E-state index contributed by atoms with van der Waals surface area (Å²) in [5, 5.41) is 18.3. The van der Waals surface area contributed by atoms with Gasteiger partial charge in [-0.2, -0.15) is 0 Å². The highest BCUT2D eigenvalue weighted by molar-refractivity contribution is 5.76. The smallest absolute Gasteiger partial charge is 0.320 e. The number of aliphatic hydroxyl groups is 1. The summed E-state index contributed by atoms with van der Waals surface area (Å²) in [6, 6.07) is -0.738. The maximum absolute atomic E-state index is 12.6. The number of carboxylic acid groups (broad SMARTS) is 1. The molecule has 0 aromatic heterocycles. The van der Waals surface area contributed by atoms with Crippen molar-refractivity contribution in [2.75, 3.05) is 32.9 Å². The third-order valence-electron chi connectivity index (χ3n) is 3.97. The van der Waals surface area contributed by atoms with Crippen LogP contribution < -0.4 is 0 Å². The fourth-order valence-corrected chi connectivity index (χ4v) is 2.89. The van der Waals surface area contributed by atoms with Gasteiger partial charge in [0, 0.05) is 19.1 Å². The maximum atomic E-state index is 12.6. The molecule has 0 aromatic rings. The van der Waals surface area contributed by atoms with Crippen molar-refractivity contribution in [3.05, 3.63) is 0 Å². The minimum absolute atomic E-state index is 0.0140. The van der Waals surface area contributed by atoms with Crippen LogP contribution in [0.5, 0.6) is 0 Å². The summed E-state index contributed by atoms with van der Waals surface area (Å²) in [7, 11) is 0. The highest BCUT2D eigenvalue weighted by atomic mass is 16.5. The summed E-state index contributed by atoms with van der Waals surface area (Å²) < 4.78 is 5.27. The van der Waals surface area contributed by atoms with Gasteiger partial charge in [-0.25, -0.2) is 4.79 Å². The molecule has 2 rings (SSSR count). The largest absolute Gasteiger partial charge is 0.481 e. The van der Waals surface area contributed by atoms with Gasteiger partial charge in [0.2, 0.25) is 0 Å². The van der Waals surface area contributed by atoms with E-state index in [0.717, 1.165) is 19.3 Å². The third kappa shape index (κ3) is 3.40. The van der Waals surface area contributed by atoms with Crippen LogP contribution in [-0.4, -0.2) is 77.0 Å². The Hall–Kier alpha value is -1.34. The van der Waals surface area contributed by atoms with Crippen molar-refractivity contribution >= 4 is 12.0 Å². The Labute approximate surface area is 118 Å². The number of aliphatic hydroxyl groups excluding tert-OH is 1. The average Bonchev–Trinajstić information content (AvgIpc) is 2.46. The SMILES string of the molecule is O=C(O)CC1CCCCN1C(=O)N1CCOCC1CO. The minimum atomic E-state index is -0.879. The van der Waals surface area contributed by atoms with Gasteiger partial charge in [-0.1, -0.05) is 0 Å². The summed E-state index contributed by atoms with van der Waals surface area (Å²) in [6.07, 6.45) is 2.57. The Morgan fingerprint density at radius 1 is 1.15 bits per heavy atom. The molecule has 7 heteroatoms. The number of rotatable bonds is 3. The van der Waals surface area contributed by atoms with E-state index in [1.54, 1.807) is 9.80 Å². The Balaban J connectivity index is 2.05. The standard InChI is InChI=1S/C13H22N2O5/c16-8-11-9-20-6-5-15(11)13(19)14-4-2-1-3-10(14)7-12(17)18/h10-11,16H,1-9H2,(H,17,18). The van der Waals surface area contributed by atoms with Crippen LogP contribution in [0.1, 0.15) is 25.7 Å². The quantitative estimate of drug-likeness (QED) is 0.769. The van der Waals surface area contributed by atoms with Gasteiger partial charge in [-0.15, -0.1) is 0 Å². The lowest BCUT2D eigenvalue weighted by Gasteiger charge is -2.42. The van der Waals surface area contributed by atoms with Crippen molar-refractivity contribution in [1.82, 2.24) is 9.80 Å². The number of carboxylic acids is 1. The number of likely N-dealkylation sites (tertiary alicyclic amines) is 1. The van der Waals surface area contributed by atoms with Crippen molar-refractivity contribution in [2.24, 2.45) is 0 Å². The molecule has 0 spiro atoms. The lowest BCUT2D eigenvalue weighted by atomic mass is 9.99.